The highest BCUT2D eigenvalue weighted by Crippen LogP contribution is 2.33. The van der Waals surface area contributed by atoms with Gasteiger partial charge in [-0.15, -0.1) is 11.8 Å². The molecule has 2 nitrogen and oxygen atoms in total. The molecule has 2 aromatic carbocycles. The maximum Gasteiger partial charge on any atom is 0.122 e. The Morgan fingerprint density at radius 2 is 1.90 bits per heavy atom. The van der Waals surface area contributed by atoms with Crippen LogP contribution in [0.5, 0.6) is 5.75 Å². The molecule has 0 spiro atoms. The molecule has 0 aliphatic heterocycles. The van der Waals surface area contributed by atoms with Gasteiger partial charge in [-0.1, -0.05) is 12.1 Å². The Morgan fingerprint density at radius 1 is 1.19 bits per heavy atom. The third-order valence-electron chi connectivity index (χ3n) is 3.38. The molecule has 0 saturated carbocycles. The fourth-order valence-corrected chi connectivity index (χ4v) is 3.74. The van der Waals surface area contributed by atoms with Crippen molar-refractivity contribution < 1.29 is 9.84 Å². The van der Waals surface area contributed by atoms with E-state index < -0.39 is 6.10 Å². The Bertz CT molecular complexity index is 628. The van der Waals surface area contributed by atoms with E-state index in [9.17, 15) is 5.11 Å². The van der Waals surface area contributed by atoms with Gasteiger partial charge in [-0.2, -0.15) is 0 Å². The Balaban J connectivity index is 2.12. The third kappa shape index (κ3) is 4.02. The van der Waals surface area contributed by atoms with Crippen LogP contribution in [0.3, 0.4) is 0 Å². The molecule has 112 valence electrons. The zero-order chi connectivity index (χ0) is 15.4. The molecule has 1 atom stereocenters. The summed E-state index contributed by atoms with van der Waals surface area (Å²) in [5, 5.41) is 10.5. The van der Waals surface area contributed by atoms with E-state index in [4.69, 9.17) is 4.74 Å². The summed E-state index contributed by atoms with van der Waals surface area (Å²) in [5.41, 5.74) is 3.06. The Morgan fingerprint density at radius 3 is 2.57 bits per heavy atom. The zero-order valence-corrected chi connectivity index (χ0v) is 14.8. The second-order valence-electron chi connectivity index (χ2n) is 4.94. The molecule has 0 aliphatic carbocycles. The predicted octanol–water partition coefficient (Wildman–Crippen LogP) is 4.90. The van der Waals surface area contributed by atoms with Crippen LogP contribution in [-0.2, 0) is 0 Å². The molecule has 0 radical (unpaired) electrons. The van der Waals surface area contributed by atoms with Gasteiger partial charge < -0.3 is 9.84 Å². The van der Waals surface area contributed by atoms with Crippen molar-refractivity contribution in [1.82, 2.24) is 0 Å². The van der Waals surface area contributed by atoms with Gasteiger partial charge >= 0.3 is 0 Å². The van der Waals surface area contributed by atoms with Crippen molar-refractivity contribution in [2.75, 3.05) is 12.9 Å². The van der Waals surface area contributed by atoms with Crippen molar-refractivity contribution in [1.29, 1.82) is 0 Å². The zero-order valence-electron chi connectivity index (χ0n) is 12.4. The number of ether oxygens (including phenoxy) is 1. The summed E-state index contributed by atoms with van der Waals surface area (Å²) >= 11 is 5.17. The van der Waals surface area contributed by atoms with Gasteiger partial charge in [0.25, 0.3) is 0 Å². The fourth-order valence-electron chi connectivity index (χ4n) is 2.21. The molecular weight excluding hydrogens is 348 g/mol. The van der Waals surface area contributed by atoms with Crippen LogP contribution in [0.15, 0.2) is 45.8 Å². The standard InChI is InChI=1S/C17H19BrO2S/c1-11-9-16(20-3)12(2)8-13(11)15(19)10-21-17-7-5-4-6-14(17)18/h4-9,15,19H,10H2,1-3H3. The van der Waals surface area contributed by atoms with E-state index in [1.54, 1.807) is 18.9 Å². The number of aliphatic hydroxyl groups is 1. The molecule has 4 heteroatoms. The van der Waals surface area contributed by atoms with Gasteiger partial charge in [-0.3, -0.25) is 0 Å². The summed E-state index contributed by atoms with van der Waals surface area (Å²) in [4.78, 5) is 1.14. The monoisotopic (exact) mass is 366 g/mol. The minimum atomic E-state index is -0.494. The Kier molecular flexibility index (Phi) is 5.73. The van der Waals surface area contributed by atoms with Crippen molar-refractivity contribution in [2.24, 2.45) is 0 Å². The summed E-state index contributed by atoms with van der Waals surface area (Å²) < 4.78 is 6.37. The lowest BCUT2D eigenvalue weighted by Crippen LogP contribution is -2.04. The first-order valence-electron chi connectivity index (χ1n) is 6.73. The van der Waals surface area contributed by atoms with Crippen LogP contribution in [0.1, 0.15) is 22.8 Å². The molecule has 2 aromatic rings. The Hall–Kier alpha value is -0.970. The minimum absolute atomic E-state index is 0.494. The highest BCUT2D eigenvalue weighted by molar-refractivity contribution is 9.10. The van der Waals surface area contributed by atoms with Crippen LogP contribution in [0, 0.1) is 13.8 Å². The first-order chi connectivity index (χ1) is 10.0. The van der Waals surface area contributed by atoms with Gasteiger partial charge in [0.1, 0.15) is 5.75 Å². The van der Waals surface area contributed by atoms with E-state index in [2.05, 4.69) is 15.9 Å². The van der Waals surface area contributed by atoms with Gasteiger partial charge in [0, 0.05) is 15.1 Å². The number of rotatable bonds is 5. The lowest BCUT2D eigenvalue weighted by molar-refractivity contribution is 0.203. The number of aryl methyl sites for hydroxylation is 2. The average molecular weight is 367 g/mol. The number of thioether (sulfide) groups is 1. The van der Waals surface area contributed by atoms with Crippen LogP contribution >= 0.6 is 27.7 Å². The molecule has 0 amide bonds. The normalized spacial score (nSPS) is 12.2. The maximum atomic E-state index is 10.5. The van der Waals surface area contributed by atoms with Gasteiger partial charge in [0.2, 0.25) is 0 Å². The van der Waals surface area contributed by atoms with Crippen LogP contribution in [0.25, 0.3) is 0 Å². The van der Waals surface area contributed by atoms with Crippen molar-refractivity contribution in [2.45, 2.75) is 24.8 Å². The summed E-state index contributed by atoms with van der Waals surface area (Å²) in [6, 6.07) is 12.0. The van der Waals surface area contributed by atoms with Crippen LogP contribution < -0.4 is 4.74 Å². The van der Waals surface area contributed by atoms with Gasteiger partial charge in [0.05, 0.1) is 13.2 Å². The molecule has 0 fully saturated rings. The topological polar surface area (TPSA) is 29.5 Å². The number of hydrogen-bond donors (Lipinski definition) is 1. The summed E-state index contributed by atoms with van der Waals surface area (Å²) in [6.07, 6.45) is -0.494. The van der Waals surface area contributed by atoms with Crippen molar-refractivity contribution in [3.8, 4) is 5.75 Å². The number of hydrogen-bond acceptors (Lipinski definition) is 3. The Labute approximate surface area is 138 Å². The van der Waals surface area contributed by atoms with E-state index in [0.29, 0.717) is 5.75 Å². The largest absolute Gasteiger partial charge is 0.496 e. The summed E-state index contributed by atoms with van der Waals surface area (Å²) in [7, 11) is 1.67. The van der Waals surface area contributed by atoms with Gasteiger partial charge in [-0.25, -0.2) is 0 Å². The number of aliphatic hydroxyl groups excluding tert-OH is 1. The molecule has 1 unspecified atom stereocenters. The average Bonchev–Trinajstić information content (AvgIpc) is 2.48. The van der Waals surface area contributed by atoms with Crippen LogP contribution in [0.4, 0.5) is 0 Å². The first-order valence-corrected chi connectivity index (χ1v) is 8.51. The molecule has 0 heterocycles. The maximum absolute atomic E-state index is 10.5. The molecular formula is C17H19BrO2S. The van der Waals surface area contributed by atoms with Crippen LogP contribution in [0.2, 0.25) is 0 Å². The smallest absolute Gasteiger partial charge is 0.122 e. The molecule has 21 heavy (non-hydrogen) atoms. The van der Waals surface area contributed by atoms with Crippen LogP contribution in [-0.4, -0.2) is 18.0 Å². The van der Waals surface area contributed by atoms with E-state index in [-0.39, 0.29) is 0 Å². The fraction of sp³-hybridized carbons (Fsp3) is 0.294. The summed E-state index contributed by atoms with van der Waals surface area (Å²) in [6.45, 7) is 4.00. The summed E-state index contributed by atoms with van der Waals surface area (Å²) in [5.74, 6) is 1.48. The number of benzene rings is 2. The first kappa shape index (κ1) is 16.4. The molecule has 0 aliphatic rings. The second-order valence-corrected chi connectivity index (χ2v) is 6.85. The molecule has 1 N–H and O–H groups in total. The van der Waals surface area contributed by atoms with Crippen molar-refractivity contribution >= 4 is 27.7 Å². The molecule has 2 rings (SSSR count). The third-order valence-corrected chi connectivity index (χ3v) is 5.48. The molecule has 0 aromatic heterocycles. The lowest BCUT2D eigenvalue weighted by atomic mass is 10.0. The van der Waals surface area contributed by atoms with Crippen molar-refractivity contribution in [3.05, 3.63) is 57.6 Å². The predicted molar refractivity (Wildman–Crippen MR) is 92.3 cm³/mol. The quantitative estimate of drug-likeness (QED) is 0.763. The van der Waals surface area contributed by atoms with E-state index >= 15 is 0 Å². The van der Waals surface area contributed by atoms with E-state index in [1.165, 1.54) is 0 Å². The second kappa shape index (κ2) is 7.34. The van der Waals surface area contributed by atoms with Crippen molar-refractivity contribution in [3.63, 3.8) is 0 Å². The number of halogens is 1. The SMILES string of the molecule is COc1cc(C)c(C(O)CSc2ccccc2Br)cc1C. The van der Waals surface area contributed by atoms with E-state index in [1.807, 2.05) is 50.2 Å². The lowest BCUT2D eigenvalue weighted by Gasteiger charge is -2.16. The molecule has 0 bridgehead atoms. The van der Waals surface area contributed by atoms with Gasteiger partial charge in [-0.05, 0) is 70.7 Å². The highest BCUT2D eigenvalue weighted by Gasteiger charge is 2.14. The van der Waals surface area contributed by atoms with Gasteiger partial charge in [0.15, 0.2) is 0 Å². The number of methoxy groups -OCH3 is 1. The van der Waals surface area contributed by atoms with E-state index in [0.717, 1.165) is 31.8 Å². The minimum Gasteiger partial charge on any atom is -0.496 e. The highest BCUT2D eigenvalue weighted by atomic mass is 79.9. The molecule has 0 saturated heterocycles.